The van der Waals surface area contributed by atoms with Gasteiger partial charge in [-0.15, -0.1) is 0 Å². The van der Waals surface area contributed by atoms with Crippen LogP contribution in [0.1, 0.15) is 64.4 Å². The Morgan fingerprint density at radius 3 is 2.30 bits per heavy atom. The molecule has 1 aliphatic carbocycles. The number of carbonyl (C=O) groups is 2. The molecule has 0 radical (unpaired) electrons. The lowest BCUT2D eigenvalue weighted by atomic mass is 9.95. The third kappa shape index (κ3) is 14.5. The van der Waals surface area contributed by atoms with Crippen molar-refractivity contribution >= 4 is 34.6 Å². The van der Waals surface area contributed by atoms with Crippen molar-refractivity contribution in [2.24, 2.45) is 0 Å². The maximum absolute atomic E-state index is 12.5. The molecule has 12 heteroatoms. The van der Waals surface area contributed by atoms with Gasteiger partial charge in [0, 0.05) is 55.0 Å². The van der Waals surface area contributed by atoms with Gasteiger partial charge in [-0.3, -0.25) is 4.79 Å². The molecule has 246 valence electrons. The predicted octanol–water partition coefficient (Wildman–Crippen LogP) is 5.76. The summed E-state index contributed by atoms with van der Waals surface area (Å²) >= 11 is 5.88. The van der Waals surface area contributed by atoms with E-state index in [2.05, 4.69) is 38.8 Å². The third-order valence-corrected chi connectivity index (χ3v) is 9.31. The first-order valence-electron chi connectivity index (χ1n) is 15.3. The second-order valence-electron chi connectivity index (χ2n) is 10.7. The fraction of sp³-hybridized carbons (Fsp3) is 0.562. The molecule has 8 nitrogen and oxygen atoms in total. The molecule has 4 rings (SSSR count). The van der Waals surface area contributed by atoms with Crippen LogP contribution in [0.4, 0.5) is 13.6 Å². The molecule has 1 aliphatic heterocycles. The fourth-order valence-corrected chi connectivity index (χ4v) is 6.49. The lowest BCUT2D eigenvalue weighted by molar-refractivity contribution is -0.124. The van der Waals surface area contributed by atoms with E-state index in [1.165, 1.54) is 31.7 Å². The minimum absolute atomic E-state index is 0.169. The zero-order valence-electron chi connectivity index (χ0n) is 26.0. The van der Waals surface area contributed by atoms with Gasteiger partial charge >= 0.3 is 6.09 Å². The molecule has 1 saturated heterocycles. The molecule has 2 amide bonds. The van der Waals surface area contributed by atoms with Crippen LogP contribution in [0.25, 0.3) is 0 Å². The Morgan fingerprint density at radius 1 is 1.09 bits per heavy atom. The molecule has 1 heterocycles. The number of halogens is 3. The van der Waals surface area contributed by atoms with Crippen LogP contribution in [-0.2, 0) is 26.9 Å². The molecular weight excluding hydrogens is 610 g/mol. The van der Waals surface area contributed by atoms with E-state index in [1.54, 1.807) is 12.1 Å². The first-order valence-corrected chi connectivity index (χ1v) is 17.0. The normalized spacial score (nSPS) is 18.4. The summed E-state index contributed by atoms with van der Waals surface area (Å²) in [6.45, 7) is 7.15. The van der Waals surface area contributed by atoms with Crippen LogP contribution < -0.4 is 16.0 Å². The Labute approximate surface area is 268 Å². The van der Waals surface area contributed by atoms with Crippen LogP contribution in [-0.4, -0.2) is 71.1 Å². The first-order chi connectivity index (χ1) is 21.2. The van der Waals surface area contributed by atoms with Crippen LogP contribution in [0.5, 0.6) is 0 Å². The number of amides is 2. The van der Waals surface area contributed by atoms with Gasteiger partial charge in [0.05, 0.1) is 18.1 Å². The number of alkyl carbamates (subject to hydrolysis) is 1. The summed E-state index contributed by atoms with van der Waals surface area (Å²) in [5.41, 5.74) is 0.926. The molecule has 2 aromatic rings. The largest absolute Gasteiger partial charge is 0.453 e. The Hall–Kier alpha value is -2.60. The zero-order chi connectivity index (χ0) is 32.3. The Morgan fingerprint density at radius 2 is 1.75 bits per heavy atom. The number of piperazine rings is 1. The molecule has 0 aromatic heterocycles. The van der Waals surface area contributed by atoms with Crippen molar-refractivity contribution in [2.75, 3.05) is 32.5 Å². The second kappa shape index (κ2) is 21.2. The predicted molar refractivity (Wildman–Crippen MR) is 173 cm³/mol. The smallest absolute Gasteiger partial charge is 0.407 e. The van der Waals surface area contributed by atoms with E-state index in [0.29, 0.717) is 17.5 Å². The maximum Gasteiger partial charge on any atom is 0.407 e. The topological polar surface area (TPSA) is 99.8 Å². The van der Waals surface area contributed by atoms with Crippen LogP contribution in [0.2, 0.25) is 5.02 Å². The SMILES string of the molecule is CCCS(=O)N1CCNCC1CC.COC(=O)NC(Cc1ccc(Cl)cc1)C(=O)NC1CCCCC1.Fc1cccc(F)c1. The molecule has 44 heavy (non-hydrogen) atoms. The van der Waals surface area contributed by atoms with Crippen molar-refractivity contribution in [2.45, 2.75) is 83.3 Å². The van der Waals surface area contributed by atoms with Crippen molar-refractivity contribution in [3.8, 4) is 0 Å². The highest BCUT2D eigenvalue weighted by Gasteiger charge is 2.25. The van der Waals surface area contributed by atoms with Gasteiger partial charge in [0.15, 0.2) is 0 Å². The summed E-state index contributed by atoms with van der Waals surface area (Å²) in [6, 6.07) is 11.8. The summed E-state index contributed by atoms with van der Waals surface area (Å²) in [5.74, 6) is -0.427. The van der Waals surface area contributed by atoms with Crippen LogP contribution >= 0.6 is 11.6 Å². The van der Waals surface area contributed by atoms with Gasteiger partial charge in [-0.25, -0.2) is 22.1 Å². The van der Waals surface area contributed by atoms with E-state index in [1.807, 2.05) is 12.1 Å². The number of rotatable bonds is 9. The van der Waals surface area contributed by atoms with Crippen molar-refractivity contribution < 1.29 is 27.3 Å². The molecule has 0 bridgehead atoms. The molecule has 2 aromatic carbocycles. The highest BCUT2D eigenvalue weighted by molar-refractivity contribution is 7.82. The van der Waals surface area contributed by atoms with E-state index in [-0.39, 0.29) is 11.9 Å². The molecule has 3 unspecified atom stereocenters. The number of hydrogen-bond donors (Lipinski definition) is 3. The maximum atomic E-state index is 12.5. The number of ether oxygens (including phenoxy) is 1. The molecule has 1 saturated carbocycles. The van der Waals surface area contributed by atoms with E-state index < -0.39 is 34.8 Å². The fourth-order valence-electron chi connectivity index (χ4n) is 4.93. The van der Waals surface area contributed by atoms with E-state index in [9.17, 15) is 22.6 Å². The first kappa shape index (κ1) is 37.6. The average molecular weight is 657 g/mol. The van der Waals surface area contributed by atoms with Crippen molar-refractivity contribution in [1.29, 1.82) is 0 Å². The standard InChI is InChI=1S/C17H23ClN2O3.C9H20N2OS.C6H4F2/c1-23-17(22)20-15(11-12-7-9-13(18)10-8-12)16(21)19-14-5-3-2-4-6-14;1-3-7-13(12)11-6-5-10-8-9(11)4-2;7-5-2-1-3-6(8)4-5/h7-10,14-15H,2-6,11H2,1H3,(H,19,21)(H,20,22);9-10H,3-8H2,1-2H3;1-4H. The molecular formula is C32H47ClF2N4O4S. The lowest BCUT2D eigenvalue weighted by Gasteiger charge is -2.34. The molecule has 0 spiro atoms. The number of methoxy groups -OCH3 is 1. The summed E-state index contributed by atoms with van der Waals surface area (Å²) in [5, 5.41) is 9.63. The molecule has 2 aliphatic rings. The van der Waals surface area contributed by atoms with Gasteiger partial charge < -0.3 is 20.7 Å². The summed E-state index contributed by atoms with van der Waals surface area (Å²) in [7, 11) is 0.542. The Bertz CT molecular complexity index is 1140. The number of benzene rings is 2. The zero-order valence-corrected chi connectivity index (χ0v) is 27.5. The van der Waals surface area contributed by atoms with Crippen LogP contribution in [0.3, 0.4) is 0 Å². The van der Waals surface area contributed by atoms with E-state index in [0.717, 1.165) is 75.5 Å². The van der Waals surface area contributed by atoms with Gasteiger partial charge in [0.2, 0.25) is 5.91 Å². The lowest BCUT2D eigenvalue weighted by Crippen LogP contribution is -2.51. The van der Waals surface area contributed by atoms with E-state index >= 15 is 0 Å². The number of carbonyl (C=O) groups excluding carboxylic acids is 2. The quantitative estimate of drug-likeness (QED) is 0.319. The summed E-state index contributed by atoms with van der Waals surface area (Å²) < 4.78 is 42.4. The van der Waals surface area contributed by atoms with Crippen LogP contribution in [0, 0.1) is 11.6 Å². The Kier molecular flexibility index (Phi) is 18.1. The number of nitrogens with one attached hydrogen (secondary N) is 3. The number of nitrogens with zero attached hydrogens (tertiary/aromatic N) is 1. The van der Waals surface area contributed by atoms with E-state index in [4.69, 9.17) is 11.6 Å². The summed E-state index contributed by atoms with van der Waals surface area (Å²) in [4.78, 5) is 24.1. The molecule has 3 N–H and O–H groups in total. The third-order valence-electron chi connectivity index (χ3n) is 7.29. The van der Waals surface area contributed by atoms with Crippen molar-refractivity contribution in [1.82, 2.24) is 20.3 Å². The molecule has 2 fully saturated rings. The van der Waals surface area contributed by atoms with Gasteiger partial charge in [0.1, 0.15) is 17.7 Å². The van der Waals surface area contributed by atoms with Gasteiger partial charge in [-0.1, -0.05) is 62.9 Å². The minimum Gasteiger partial charge on any atom is -0.453 e. The van der Waals surface area contributed by atoms with Gasteiger partial charge in [0.25, 0.3) is 0 Å². The average Bonchev–Trinajstić information content (AvgIpc) is 3.02. The highest BCUT2D eigenvalue weighted by Crippen LogP contribution is 2.18. The van der Waals surface area contributed by atoms with Gasteiger partial charge in [-0.05, 0) is 55.5 Å². The van der Waals surface area contributed by atoms with Gasteiger partial charge in [-0.2, -0.15) is 0 Å². The minimum atomic E-state index is -0.743. The van der Waals surface area contributed by atoms with Crippen molar-refractivity contribution in [3.63, 3.8) is 0 Å². The molecule has 3 atom stereocenters. The Balaban J connectivity index is 0.000000268. The second-order valence-corrected chi connectivity index (χ2v) is 12.7. The van der Waals surface area contributed by atoms with Crippen LogP contribution in [0.15, 0.2) is 48.5 Å². The highest BCUT2D eigenvalue weighted by atomic mass is 35.5. The monoisotopic (exact) mass is 656 g/mol. The number of hydrogen-bond acceptors (Lipinski definition) is 5. The van der Waals surface area contributed by atoms with Crippen molar-refractivity contribution in [3.05, 3.63) is 70.8 Å². The summed E-state index contributed by atoms with van der Waals surface area (Å²) in [6.07, 6.45) is 7.37.